The Hall–Kier alpha value is -3.06. The maximum atomic E-state index is 12.4. The second-order valence-electron chi connectivity index (χ2n) is 6.73. The summed E-state index contributed by atoms with van der Waals surface area (Å²) in [5, 5.41) is 2.59. The van der Waals surface area contributed by atoms with Crippen LogP contribution < -0.4 is 14.8 Å². The minimum Gasteiger partial charge on any atom is -0.490 e. The number of imide groups is 1. The number of amides is 3. The first-order valence-corrected chi connectivity index (χ1v) is 10.3. The predicted octanol–water partition coefficient (Wildman–Crippen LogP) is 4.81. The number of aryl methyl sites for hydroxylation is 1. The number of rotatable bonds is 8. The molecular formula is C23H23BrN2O4. The van der Waals surface area contributed by atoms with Crippen LogP contribution in [0.5, 0.6) is 11.5 Å². The lowest BCUT2D eigenvalue weighted by Crippen LogP contribution is -2.30. The SMILES string of the molecule is C=CCN1C(=O)N/C(=C/c2cc(Br)c(OCc3ccc(C)cc3)c(OCC)c2)C1=O. The lowest BCUT2D eigenvalue weighted by Gasteiger charge is -2.15. The lowest BCUT2D eigenvalue weighted by atomic mass is 10.1. The number of halogens is 1. The predicted molar refractivity (Wildman–Crippen MR) is 119 cm³/mol. The van der Waals surface area contributed by atoms with Gasteiger partial charge in [0.15, 0.2) is 11.5 Å². The molecule has 0 radical (unpaired) electrons. The summed E-state index contributed by atoms with van der Waals surface area (Å²) < 4.78 is 12.5. The number of nitrogens with one attached hydrogen (secondary N) is 1. The van der Waals surface area contributed by atoms with Gasteiger partial charge >= 0.3 is 6.03 Å². The highest BCUT2D eigenvalue weighted by atomic mass is 79.9. The number of nitrogens with zero attached hydrogens (tertiary/aromatic N) is 1. The normalized spacial score (nSPS) is 14.8. The van der Waals surface area contributed by atoms with Crippen LogP contribution in [0.4, 0.5) is 4.79 Å². The van der Waals surface area contributed by atoms with Crippen molar-refractivity contribution in [1.82, 2.24) is 10.2 Å². The Morgan fingerprint density at radius 1 is 1.17 bits per heavy atom. The van der Waals surface area contributed by atoms with Gasteiger partial charge in [-0.15, -0.1) is 6.58 Å². The highest BCUT2D eigenvalue weighted by Gasteiger charge is 2.32. The average Bonchev–Trinajstić information content (AvgIpc) is 2.97. The third-order valence-electron chi connectivity index (χ3n) is 4.42. The minimum absolute atomic E-state index is 0.154. The molecule has 0 aliphatic carbocycles. The van der Waals surface area contributed by atoms with E-state index >= 15 is 0 Å². The second-order valence-corrected chi connectivity index (χ2v) is 7.58. The molecule has 1 N–H and O–H groups in total. The summed E-state index contributed by atoms with van der Waals surface area (Å²) in [7, 11) is 0. The van der Waals surface area contributed by atoms with Gasteiger partial charge in [0.1, 0.15) is 12.3 Å². The summed E-state index contributed by atoms with van der Waals surface area (Å²) >= 11 is 3.54. The summed E-state index contributed by atoms with van der Waals surface area (Å²) in [5.41, 5.74) is 3.12. The van der Waals surface area contributed by atoms with E-state index in [1.807, 2.05) is 44.2 Å². The smallest absolute Gasteiger partial charge is 0.329 e. The maximum absolute atomic E-state index is 12.4. The number of benzene rings is 2. The molecule has 1 aliphatic heterocycles. The van der Waals surface area contributed by atoms with Crippen molar-refractivity contribution in [3.8, 4) is 11.5 Å². The van der Waals surface area contributed by atoms with Crippen molar-refractivity contribution in [1.29, 1.82) is 0 Å². The number of hydrogen-bond acceptors (Lipinski definition) is 4. The van der Waals surface area contributed by atoms with Gasteiger partial charge in [-0.3, -0.25) is 9.69 Å². The Labute approximate surface area is 184 Å². The van der Waals surface area contributed by atoms with Gasteiger partial charge in [-0.25, -0.2) is 4.79 Å². The Morgan fingerprint density at radius 3 is 2.57 bits per heavy atom. The van der Waals surface area contributed by atoms with Crippen molar-refractivity contribution < 1.29 is 19.1 Å². The van der Waals surface area contributed by atoms with Crippen LogP contribution in [-0.2, 0) is 11.4 Å². The molecule has 1 fully saturated rings. The summed E-state index contributed by atoms with van der Waals surface area (Å²) in [6, 6.07) is 11.2. The highest BCUT2D eigenvalue weighted by molar-refractivity contribution is 9.10. The second kappa shape index (κ2) is 9.63. The molecule has 1 saturated heterocycles. The average molecular weight is 471 g/mol. The Bertz CT molecular complexity index is 999. The number of ether oxygens (including phenoxy) is 2. The molecule has 1 heterocycles. The molecule has 2 aromatic carbocycles. The zero-order chi connectivity index (χ0) is 21.7. The van der Waals surface area contributed by atoms with Gasteiger partial charge in [0, 0.05) is 6.54 Å². The first-order chi connectivity index (χ1) is 14.4. The fourth-order valence-electron chi connectivity index (χ4n) is 2.95. The van der Waals surface area contributed by atoms with Crippen LogP contribution in [0.2, 0.25) is 0 Å². The largest absolute Gasteiger partial charge is 0.490 e. The number of carbonyl (C=O) groups is 2. The standard InChI is InChI=1S/C23H23BrN2O4/c1-4-10-26-22(27)19(25-23(26)28)12-17-11-18(24)21(20(13-17)29-5-2)30-14-16-8-6-15(3)7-9-16/h4,6-9,11-13H,1,5,10,14H2,2-3H3,(H,25,28)/b19-12+. The Morgan fingerprint density at radius 2 is 1.90 bits per heavy atom. The van der Waals surface area contributed by atoms with Gasteiger partial charge in [0.05, 0.1) is 11.1 Å². The van der Waals surface area contributed by atoms with Gasteiger partial charge in [0.2, 0.25) is 0 Å². The third-order valence-corrected chi connectivity index (χ3v) is 5.01. The molecule has 1 aliphatic rings. The molecule has 0 spiro atoms. The zero-order valence-corrected chi connectivity index (χ0v) is 18.5. The van der Waals surface area contributed by atoms with E-state index in [1.165, 1.54) is 11.6 Å². The molecule has 3 amide bonds. The van der Waals surface area contributed by atoms with E-state index in [-0.39, 0.29) is 12.2 Å². The molecule has 7 heteroatoms. The van der Waals surface area contributed by atoms with Crippen molar-refractivity contribution in [2.24, 2.45) is 0 Å². The van der Waals surface area contributed by atoms with Crippen LogP contribution >= 0.6 is 15.9 Å². The molecule has 0 aromatic heterocycles. The first-order valence-electron chi connectivity index (χ1n) is 9.53. The summed E-state index contributed by atoms with van der Waals surface area (Å²) in [6.07, 6.45) is 3.12. The van der Waals surface area contributed by atoms with E-state index in [0.29, 0.717) is 34.7 Å². The Kier molecular flexibility index (Phi) is 6.95. The van der Waals surface area contributed by atoms with Crippen LogP contribution in [0, 0.1) is 6.92 Å². The summed E-state index contributed by atoms with van der Waals surface area (Å²) in [5.74, 6) is 0.730. The molecule has 156 valence electrons. The molecular weight excluding hydrogens is 448 g/mol. The maximum Gasteiger partial charge on any atom is 0.329 e. The van der Waals surface area contributed by atoms with Gasteiger partial charge < -0.3 is 14.8 Å². The van der Waals surface area contributed by atoms with Crippen LogP contribution in [0.15, 0.2) is 59.2 Å². The summed E-state index contributed by atoms with van der Waals surface area (Å²) in [6.45, 7) is 8.49. The molecule has 30 heavy (non-hydrogen) atoms. The van der Waals surface area contributed by atoms with Crippen LogP contribution in [0.1, 0.15) is 23.6 Å². The quantitative estimate of drug-likeness (QED) is 0.341. The van der Waals surface area contributed by atoms with E-state index in [2.05, 4.69) is 27.8 Å². The number of urea groups is 1. The van der Waals surface area contributed by atoms with E-state index in [9.17, 15) is 9.59 Å². The van der Waals surface area contributed by atoms with E-state index in [1.54, 1.807) is 12.1 Å². The molecule has 6 nitrogen and oxygen atoms in total. The van der Waals surface area contributed by atoms with E-state index < -0.39 is 11.9 Å². The fraction of sp³-hybridized carbons (Fsp3) is 0.217. The number of carbonyl (C=O) groups excluding carboxylic acids is 2. The van der Waals surface area contributed by atoms with Crippen LogP contribution in [0.3, 0.4) is 0 Å². The van der Waals surface area contributed by atoms with Crippen molar-refractivity contribution in [2.45, 2.75) is 20.5 Å². The Balaban J connectivity index is 1.85. The topological polar surface area (TPSA) is 67.9 Å². The molecule has 3 rings (SSSR count). The van der Waals surface area contributed by atoms with Crippen molar-refractivity contribution in [3.63, 3.8) is 0 Å². The molecule has 0 saturated carbocycles. The molecule has 0 bridgehead atoms. The van der Waals surface area contributed by atoms with Crippen molar-refractivity contribution in [3.05, 3.63) is 75.9 Å². The van der Waals surface area contributed by atoms with E-state index in [0.717, 1.165) is 10.5 Å². The van der Waals surface area contributed by atoms with Gasteiger partial charge in [-0.2, -0.15) is 0 Å². The monoisotopic (exact) mass is 470 g/mol. The third kappa shape index (κ3) is 4.91. The first kappa shape index (κ1) is 21.6. The summed E-state index contributed by atoms with van der Waals surface area (Å²) in [4.78, 5) is 25.5. The molecule has 2 aromatic rings. The lowest BCUT2D eigenvalue weighted by molar-refractivity contribution is -0.122. The highest BCUT2D eigenvalue weighted by Crippen LogP contribution is 2.38. The number of hydrogen-bond donors (Lipinski definition) is 1. The fourth-order valence-corrected chi connectivity index (χ4v) is 3.52. The van der Waals surface area contributed by atoms with Crippen molar-refractivity contribution >= 4 is 33.9 Å². The van der Waals surface area contributed by atoms with Crippen LogP contribution in [0.25, 0.3) is 6.08 Å². The van der Waals surface area contributed by atoms with Gasteiger partial charge in [-0.05, 0) is 59.1 Å². The molecule has 0 atom stereocenters. The van der Waals surface area contributed by atoms with E-state index in [4.69, 9.17) is 9.47 Å². The van der Waals surface area contributed by atoms with Gasteiger partial charge in [0.25, 0.3) is 5.91 Å². The van der Waals surface area contributed by atoms with Gasteiger partial charge in [-0.1, -0.05) is 35.9 Å². The van der Waals surface area contributed by atoms with Crippen molar-refractivity contribution in [2.75, 3.05) is 13.2 Å². The van der Waals surface area contributed by atoms with Crippen LogP contribution in [-0.4, -0.2) is 30.0 Å². The minimum atomic E-state index is -0.465. The zero-order valence-electron chi connectivity index (χ0n) is 16.9. The molecule has 0 unspecified atom stereocenters.